The van der Waals surface area contributed by atoms with Gasteiger partial charge in [-0.3, -0.25) is 14.9 Å². The number of amides is 4. The van der Waals surface area contributed by atoms with Crippen LogP contribution in [0, 0.1) is 13.8 Å². The van der Waals surface area contributed by atoms with Gasteiger partial charge in [0.1, 0.15) is 11.3 Å². The number of hydrogen-bond acceptors (Lipinski definition) is 4. The maximum atomic E-state index is 13.2. The van der Waals surface area contributed by atoms with Gasteiger partial charge in [-0.15, -0.1) is 0 Å². The zero-order valence-electron chi connectivity index (χ0n) is 17.7. The van der Waals surface area contributed by atoms with E-state index < -0.39 is 17.8 Å². The van der Waals surface area contributed by atoms with Crippen molar-refractivity contribution in [3.63, 3.8) is 0 Å². The Kier molecular flexibility index (Phi) is 5.59. The summed E-state index contributed by atoms with van der Waals surface area (Å²) in [6.45, 7) is 3.82. The summed E-state index contributed by atoms with van der Waals surface area (Å²) in [5, 5.41) is 2.87. The third kappa shape index (κ3) is 3.67. The Hall–Kier alpha value is -3.84. The molecular formula is C24H20ClN3O4. The molecule has 1 saturated heterocycles. The fraction of sp³-hybridized carbons (Fsp3) is 0.125. The molecule has 4 rings (SSSR count). The fourth-order valence-corrected chi connectivity index (χ4v) is 3.89. The van der Waals surface area contributed by atoms with Gasteiger partial charge >= 0.3 is 6.03 Å². The lowest BCUT2D eigenvalue weighted by Gasteiger charge is -2.27. The topological polar surface area (TPSA) is 80.6 Å². The molecule has 0 saturated carbocycles. The van der Waals surface area contributed by atoms with Gasteiger partial charge in [0, 0.05) is 22.1 Å². The van der Waals surface area contributed by atoms with Crippen molar-refractivity contribution in [1.82, 2.24) is 9.88 Å². The minimum atomic E-state index is -0.826. The molecule has 3 aromatic rings. The first kappa shape index (κ1) is 21.4. The van der Waals surface area contributed by atoms with Crippen molar-refractivity contribution in [1.29, 1.82) is 0 Å². The van der Waals surface area contributed by atoms with Gasteiger partial charge in [-0.05, 0) is 68.0 Å². The Morgan fingerprint density at radius 1 is 1.00 bits per heavy atom. The Balaban J connectivity index is 1.77. The van der Waals surface area contributed by atoms with E-state index in [4.69, 9.17) is 16.3 Å². The SMILES string of the molecule is COc1ccccc1N1C(=O)NC(=O)C(=Cc2cc(C)n(-c3ccc(Cl)cc3)c2C)C1=O. The number of methoxy groups -OCH3 is 1. The van der Waals surface area contributed by atoms with E-state index in [-0.39, 0.29) is 11.3 Å². The highest BCUT2D eigenvalue weighted by Gasteiger charge is 2.38. The van der Waals surface area contributed by atoms with Crippen molar-refractivity contribution in [2.24, 2.45) is 0 Å². The first-order valence-corrected chi connectivity index (χ1v) is 10.2. The Labute approximate surface area is 189 Å². The number of urea groups is 1. The molecule has 0 aliphatic carbocycles. The smallest absolute Gasteiger partial charge is 0.336 e. The van der Waals surface area contributed by atoms with Crippen molar-refractivity contribution < 1.29 is 19.1 Å². The molecule has 2 heterocycles. The number of aryl methyl sites for hydroxylation is 1. The van der Waals surface area contributed by atoms with E-state index in [2.05, 4.69) is 5.32 Å². The third-order valence-corrected chi connectivity index (χ3v) is 5.53. The first-order chi connectivity index (χ1) is 15.3. The second-order valence-corrected chi connectivity index (χ2v) is 7.70. The Morgan fingerprint density at radius 3 is 2.38 bits per heavy atom. The zero-order valence-corrected chi connectivity index (χ0v) is 18.4. The Bertz CT molecular complexity index is 1270. The van der Waals surface area contributed by atoms with Crippen LogP contribution < -0.4 is 15.0 Å². The molecule has 7 nitrogen and oxygen atoms in total. The number of carbonyl (C=O) groups is 3. The van der Waals surface area contributed by atoms with Gasteiger partial charge in [0.05, 0.1) is 12.8 Å². The van der Waals surface area contributed by atoms with Gasteiger partial charge in [-0.25, -0.2) is 9.69 Å². The summed E-state index contributed by atoms with van der Waals surface area (Å²) in [4.78, 5) is 39.2. The highest BCUT2D eigenvalue weighted by atomic mass is 35.5. The highest BCUT2D eigenvalue weighted by Crippen LogP contribution is 2.31. The number of imide groups is 2. The minimum Gasteiger partial charge on any atom is -0.495 e. The predicted molar refractivity (Wildman–Crippen MR) is 122 cm³/mol. The number of halogens is 1. The number of barbiturate groups is 1. The molecule has 0 radical (unpaired) electrons. The number of rotatable bonds is 4. The number of ether oxygens (including phenoxy) is 1. The second-order valence-electron chi connectivity index (χ2n) is 7.27. The summed E-state index contributed by atoms with van der Waals surface area (Å²) >= 11 is 6.00. The molecule has 4 amide bonds. The molecule has 0 unspecified atom stereocenters. The van der Waals surface area contributed by atoms with Gasteiger partial charge in [0.15, 0.2) is 0 Å². The number of carbonyl (C=O) groups excluding carboxylic acids is 3. The minimum absolute atomic E-state index is 0.146. The van der Waals surface area contributed by atoms with E-state index in [1.165, 1.54) is 13.2 Å². The molecule has 0 bridgehead atoms. The highest BCUT2D eigenvalue weighted by molar-refractivity contribution is 6.39. The van der Waals surface area contributed by atoms with Crippen molar-refractivity contribution in [3.05, 3.63) is 82.1 Å². The standard InChI is InChI=1S/C24H20ClN3O4/c1-14-12-16(15(2)27(14)18-10-8-17(25)9-11-18)13-19-22(29)26-24(31)28(23(19)30)20-6-4-5-7-21(20)32-3/h4-13H,1-3H3,(H,26,29,31). The van der Waals surface area contributed by atoms with Crippen molar-refractivity contribution >= 4 is 41.2 Å². The van der Waals surface area contributed by atoms with Crippen LogP contribution in [0.15, 0.2) is 60.2 Å². The van der Waals surface area contributed by atoms with E-state index in [9.17, 15) is 14.4 Å². The van der Waals surface area contributed by atoms with Crippen LogP contribution in [0.1, 0.15) is 17.0 Å². The van der Waals surface area contributed by atoms with Gasteiger partial charge in [0.25, 0.3) is 11.8 Å². The van der Waals surface area contributed by atoms with Crippen molar-refractivity contribution in [2.75, 3.05) is 12.0 Å². The molecule has 8 heteroatoms. The average Bonchev–Trinajstić information content (AvgIpc) is 3.05. The molecule has 1 aliphatic heterocycles. The maximum absolute atomic E-state index is 13.2. The van der Waals surface area contributed by atoms with Gasteiger partial charge < -0.3 is 9.30 Å². The average molecular weight is 450 g/mol. The van der Waals surface area contributed by atoms with E-state index in [0.717, 1.165) is 22.0 Å². The van der Waals surface area contributed by atoms with E-state index in [0.29, 0.717) is 16.3 Å². The van der Waals surface area contributed by atoms with E-state index >= 15 is 0 Å². The van der Waals surface area contributed by atoms with Crippen LogP contribution in [0.3, 0.4) is 0 Å². The van der Waals surface area contributed by atoms with Crippen LogP contribution in [0.2, 0.25) is 5.02 Å². The zero-order chi connectivity index (χ0) is 23.0. The number of para-hydroxylation sites is 2. The predicted octanol–water partition coefficient (Wildman–Crippen LogP) is 4.42. The third-order valence-electron chi connectivity index (χ3n) is 5.28. The lowest BCUT2D eigenvalue weighted by Crippen LogP contribution is -2.54. The molecular weight excluding hydrogens is 430 g/mol. The monoisotopic (exact) mass is 449 g/mol. The molecule has 32 heavy (non-hydrogen) atoms. The van der Waals surface area contributed by atoms with Crippen LogP contribution in [-0.4, -0.2) is 29.5 Å². The molecule has 1 N–H and O–H groups in total. The lowest BCUT2D eigenvalue weighted by atomic mass is 10.1. The Morgan fingerprint density at radius 2 is 1.69 bits per heavy atom. The molecule has 2 aromatic carbocycles. The molecule has 0 spiro atoms. The largest absolute Gasteiger partial charge is 0.495 e. The first-order valence-electron chi connectivity index (χ1n) is 9.81. The summed E-state index contributed by atoms with van der Waals surface area (Å²) in [6, 6.07) is 15.0. The number of anilines is 1. The van der Waals surface area contributed by atoms with Crippen molar-refractivity contribution in [3.8, 4) is 11.4 Å². The summed E-state index contributed by atoms with van der Waals surface area (Å²) in [5.41, 5.74) is 3.44. The number of hydrogen-bond donors (Lipinski definition) is 1. The fourth-order valence-electron chi connectivity index (χ4n) is 3.77. The molecule has 1 aliphatic rings. The number of nitrogens with zero attached hydrogens (tertiary/aromatic N) is 2. The number of aromatic nitrogens is 1. The number of nitrogens with one attached hydrogen (secondary N) is 1. The second kappa shape index (κ2) is 8.36. The molecule has 1 fully saturated rings. The molecule has 0 atom stereocenters. The van der Waals surface area contributed by atoms with Crippen LogP contribution in [0.4, 0.5) is 10.5 Å². The van der Waals surface area contributed by atoms with E-state index in [1.54, 1.807) is 36.4 Å². The molecule has 1 aromatic heterocycles. The summed E-state index contributed by atoms with van der Waals surface area (Å²) in [5.74, 6) is -1.13. The van der Waals surface area contributed by atoms with Gasteiger partial charge in [-0.2, -0.15) is 0 Å². The van der Waals surface area contributed by atoms with Crippen molar-refractivity contribution in [2.45, 2.75) is 13.8 Å². The normalized spacial score (nSPS) is 15.3. The van der Waals surface area contributed by atoms with Crippen LogP contribution >= 0.6 is 11.6 Å². The maximum Gasteiger partial charge on any atom is 0.336 e. The van der Waals surface area contributed by atoms with Crippen LogP contribution in [0.5, 0.6) is 5.75 Å². The molecule has 162 valence electrons. The summed E-state index contributed by atoms with van der Waals surface area (Å²) in [6.07, 6.45) is 1.50. The quantitative estimate of drug-likeness (QED) is 0.472. The van der Waals surface area contributed by atoms with Crippen LogP contribution in [-0.2, 0) is 9.59 Å². The van der Waals surface area contributed by atoms with Crippen LogP contribution in [0.25, 0.3) is 11.8 Å². The summed E-state index contributed by atoms with van der Waals surface area (Å²) < 4.78 is 7.28. The summed E-state index contributed by atoms with van der Waals surface area (Å²) in [7, 11) is 1.44. The number of benzene rings is 2. The van der Waals surface area contributed by atoms with Gasteiger partial charge in [-0.1, -0.05) is 23.7 Å². The lowest BCUT2D eigenvalue weighted by molar-refractivity contribution is -0.122. The van der Waals surface area contributed by atoms with Gasteiger partial charge in [0.2, 0.25) is 0 Å². The van der Waals surface area contributed by atoms with E-state index in [1.807, 2.05) is 36.6 Å².